The van der Waals surface area contributed by atoms with Gasteiger partial charge in [0.2, 0.25) is 17.7 Å². The lowest BCUT2D eigenvalue weighted by atomic mass is 9.49. The summed E-state index contributed by atoms with van der Waals surface area (Å²) >= 11 is 6.23. The van der Waals surface area contributed by atoms with Crippen molar-refractivity contribution in [2.24, 2.45) is 16.2 Å². The van der Waals surface area contributed by atoms with Gasteiger partial charge in [-0.3, -0.25) is 19.2 Å². The van der Waals surface area contributed by atoms with Crippen LogP contribution in [0.25, 0.3) is 0 Å². The van der Waals surface area contributed by atoms with E-state index < -0.39 is 23.5 Å². The SMILES string of the molecule is CN[C@@H](C)C(=O)N[C@H](C(=O)N1CCCC1C(=O)N[C@H]1c2ccccc2C[C@H]1OCCOCCOCCOCCOCCOc1ccc(C(=O)N[C@H]2C(C)(C)[C@H](Oc3ccc(C#N)c(Cl)c3)C2(C)C)cc1)C(C)(C)C. The van der Waals surface area contributed by atoms with Crippen LogP contribution in [0.1, 0.15) is 101 Å². The Morgan fingerprint density at radius 2 is 1.41 bits per heavy atom. The number of carbonyl (C=O) groups is 4. The second-order valence-corrected chi connectivity index (χ2v) is 21.8. The fourth-order valence-electron chi connectivity index (χ4n) is 10.4. The zero-order valence-electron chi connectivity index (χ0n) is 44.6. The molecular weight excluding hydrogens is 968 g/mol. The number of carbonyl (C=O) groups excluding carboxylic acids is 4. The first-order valence-electron chi connectivity index (χ1n) is 25.8. The van der Waals surface area contributed by atoms with Crippen molar-refractivity contribution >= 4 is 35.2 Å². The minimum Gasteiger partial charge on any atom is -0.491 e. The number of amides is 4. The molecule has 3 aromatic carbocycles. The second kappa shape index (κ2) is 26.4. The molecule has 3 aliphatic rings. The number of nitriles is 1. The second-order valence-electron chi connectivity index (χ2n) is 21.4. The quantitative estimate of drug-likeness (QED) is 0.0629. The van der Waals surface area contributed by atoms with Gasteiger partial charge in [0.1, 0.15) is 42.4 Å². The molecule has 1 aliphatic heterocycles. The summed E-state index contributed by atoms with van der Waals surface area (Å²) in [5.74, 6) is 0.260. The Morgan fingerprint density at radius 3 is 2.00 bits per heavy atom. The van der Waals surface area contributed by atoms with Crippen LogP contribution in [-0.2, 0) is 44.5 Å². The van der Waals surface area contributed by atoms with Crippen LogP contribution in [0.3, 0.4) is 0 Å². The number of fused-ring (bicyclic) bond motifs is 1. The molecule has 0 spiro atoms. The Bertz CT molecular complexity index is 2390. The molecule has 0 radical (unpaired) electrons. The number of rotatable bonds is 27. The molecule has 2 aliphatic carbocycles. The lowest BCUT2D eigenvalue weighted by Crippen LogP contribution is -2.74. The molecule has 18 heteroatoms. The highest BCUT2D eigenvalue weighted by Gasteiger charge is 2.64. The summed E-state index contributed by atoms with van der Waals surface area (Å²) < 4.78 is 41.2. The number of benzene rings is 3. The third kappa shape index (κ3) is 14.7. The van der Waals surface area contributed by atoms with Crippen molar-refractivity contribution in [3.8, 4) is 17.6 Å². The van der Waals surface area contributed by atoms with Crippen molar-refractivity contribution in [1.82, 2.24) is 26.2 Å². The molecule has 17 nitrogen and oxygen atoms in total. The lowest BCUT2D eigenvalue weighted by molar-refractivity contribution is -0.164. The number of hydrogen-bond donors (Lipinski definition) is 4. The summed E-state index contributed by atoms with van der Waals surface area (Å²) in [4.78, 5) is 55.7. The number of likely N-dealkylation sites (tertiary alicyclic amines) is 1. The van der Waals surface area contributed by atoms with E-state index in [-0.39, 0.29) is 58.8 Å². The standard InChI is InChI=1S/C56H77ClN6O11/c1-36(59-9)48(64)61-47(54(2,3)4)51(67)63-22-12-15-44(63)50(66)60-46-42-14-11-10-13-38(42)33-45(46)73-32-30-71-28-26-69-24-23-68-25-27-70-29-31-72-40-19-16-37(17-20-40)49(65)62-52-55(5,6)53(56(52,7)8)74-41-21-18-39(35-58)43(57)34-41/h10-11,13-14,16-21,34,36,44-47,52-53,59H,12,15,22-33H2,1-9H3,(H,60,66)(H,61,64)(H,62,65)/t36-,44?,45+,46-,47+,52-,53-/m0/s1. The number of nitrogens with one attached hydrogen (secondary N) is 4. The first-order chi connectivity index (χ1) is 35.3. The Morgan fingerprint density at radius 1 is 0.811 bits per heavy atom. The molecular formula is C56H77ClN6O11. The van der Waals surface area contributed by atoms with Crippen LogP contribution < -0.4 is 30.7 Å². The number of nitrogens with zero attached hydrogens (tertiary/aromatic N) is 2. The molecule has 0 aromatic heterocycles. The summed E-state index contributed by atoms with van der Waals surface area (Å²) in [6.45, 7) is 20.0. The fourth-order valence-corrected chi connectivity index (χ4v) is 10.6. The summed E-state index contributed by atoms with van der Waals surface area (Å²) in [5, 5.41) is 21.8. The maximum Gasteiger partial charge on any atom is 0.251 e. The Labute approximate surface area is 441 Å². The van der Waals surface area contributed by atoms with Gasteiger partial charge in [-0.2, -0.15) is 5.26 Å². The zero-order valence-corrected chi connectivity index (χ0v) is 45.3. The van der Waals surface area contributed by atoms with Crippen molar-refractivity contribution in [3.63, 3.8) is 0 Å². The topological polar surface area (TPSA) is 208 Å². The predicted octanol–water partition coefficient (Wildman–Crippen LogP) is 6.20. The van der Waals surface area contributed by atoms with Gasteiger partial charge in [0.05, 0.1) is 88.2 Å². The van der Waals surface area contributed by atoms with Crippen molar-refractivity contribution in [3.05, 3.63) is 94.0 Å². The van der Waals surface area contributed by atoms with Gasteiger partial charge in [-0.05, 0) is 79.8 Å². The van der Waals surface area contributed by atoms with Crippen molar-refractivity contribution in [2.75, 3.05) is 79.7 Å². The van der Waals surface area contributed by atoms with Crippen LogP contribution in [-0.4, -0.2) is 145 Å². The van der Waals surface area contributed by atoms with E-state index in [1.807, 2.05) is 45.0 Å². The highest BCUT2D eigenvalue weighted by atomic mass is 35.5. The Balaban J connectivity index is 0.798. The van der Waals surface area contributed by atoms with Crippen molar-refractivity contribution in [2.45, 2.75) is 117 Å². The van der Waals surface area contributed by atoms with Crippen LogP contribution >= 0.6 is 11.6 Å². The van der Waals surface area contributed by atoms with Crippen LogP contribution in [0, 0.1) is 27.6 Å². The number of halogens is 1. The molecule has 1 saturated heterocycles. The smallest absolute Gasteiger partial charge is 0.251 e. The van der Waals surface area contributed by atoms with Gasteiger partial charge in [-0.15, -0.1) is 0 Å². The largest absolute Gasteiger partial charge is 0.491 e. The summed E-state index contributed by atoms with van der Waals surface area (Å²) in [6.07, 6.45) is 1.35. The Kier molecular flexibility index (Phi) is 20.7. The molecule has 1 saturated carbocycles. The minimum absolute atomic E-state index is 0.159. The number of hydrogen-bond acceptors (Lipinski definition) is 13. The molecule has 404 valence electrons. The van der Waals surface area contributed by atoms with Crippen LogP contribution in [0.15, 0.2) is 66.7 Å². The number of likely N-dealkylation sites (N-methyl/N-ethyl adjacent to an activating group) is 1. The van der Waals surface area contributed by atoms with Gasteiger partial charge in [-0.25, -0.2) is 0 Å². The van der Waals surface area contributed by atoms with E-state index in [1.165, 1.54) is 0 Å². The van der Waals surface area contributed by atoms with E-state index in [1.54, 1.807) is 61.3 Å². The third-order valence-electron chi connectivity index (χ3n) is 14.3. The van der Waals surface area contributed by atoms with Gasteiger partial charge >= 0.3 is 0 Å². The van der Waals surface area contributed by atoms with Gasteiger partial charge in [0.25, 0.3) is 5.91 Å². The lowest BCUT2D eigenvalue weighted by Gasteiger charge is -2.63. The van der Waals surface area contributed by atoms with Crippen molar-refractivity contribution in [1.29, 1.82) is 5.26 Å². The summed E-state index contributed by atoms with van der Waals surface area (Å²) in [6, 6.07) is 19.6. The molecule has 74 heavy (non-hydrogen) atoms. The Hall–Kier alpha value is -5.32. The monoisotopic (exact) mass is 1040 g/mol. The average molecular weight is 1050 g/mol. The molecule has 1 heterocycles. The highest BCUT2D eigenvalue weighted by molar-refractivity contribution is 6.31. The van der Waals surface area contributed by atoms with Crippen molar-refractivity contribution < 1.29 is 52.3 Å². The van der Waals surface area contributed by atoms with Crippen LogP contribution in [0.4, 0.5) is 0 Å². The van der Waals surface area contributed by atoms with Gasteiger partial charge in [0, 0.05) is 41.5 Å². The normalized spacial score (nSPS) is 21.4. The molecule has 4 N–H and O–H groups in total. The van der Waals surface area contributed by atoms with Gasteiger partial charge < -0.3 is 59.3 Å². The average Bonchev–Trinajstić information content (AvgIpc) is 4.01. The third-order valence-corrected chi connectivity index (χ3v) is 14.6. The molecule has 3 aromatic rings. The van der Waals surface area contributed by atoms with E-state index in [4.69, 9.17) is 44.8 Å². The predicted molar refractivity (Wildman–Crippen MR) is 280 cm³/mol. The molecule has 0 bridgehead atoms. The molecule has 5 atom stereocenters. The number of ether oxygens (including phenoxy) is 7. The fraction of sp³-hybridized carbons (Fsp3) is 0.589. The first-order valence-corrected chi connectivity index (χ1v) is 26.1. The summed E-state index contributed by atoms with van der Waals surface area (Å²) in [7, 11) is 1.69. The molecule has 2 fully saturated rings. The van der Waals surface area contributed by atoms with E-state index in [2.05, 4.69) is 55.0 Å². The highest BCUT2D eigenvalue weighted by Crippen LogP contribution is 2.55. The van der Waals surface area contributed by atoms with Gasteiger partial charge in [-0.1, -0.05) is 84.3 Å². The maximum absolute atomic E-state index is 14.0. The van der Waals surface area contributed by atoms with E-state index >= 15 is 0 Å². The van der Waals surface area contributed by atoms with Crippen LogP contribution in [0.5, 0.6) is 11.5 Å². The molecule has 6 rings (SSSR count). The van der Waals surface area contributed by atoms with E-state index in [9.17, 15) is 24.4 Å². The first kappa shape index (κ1) is 57.9. The van der Waals surface area contributed by atoms with E-state index in [0.717, 1.165) is 11.1 Å². The zero-order chi connectivity index (χ0) is 53.6. The van der Waals surface area contributed by atoms with Crippen LogP contribution in [0.2, 0.25) is 5.02 Å². The molecule has 4 amide bonds. The van der Waals surface area contributed by atoms with Gasteiger partial charge in [0.15, 0.2) is 0 Å². The maximum atomic E-state index is 14.0. The summed E-state index contributed by atoms with van der Waals surface area (Å²) in [5.41, 5.74) is 1.68. The molecule has 1 unspecified atom stereocenters. The van der Waals surface area contributed by atoms with E-state index in [0.29, 0.717) is 120 Å². The minimum atomic E-state index is -0.794.